The van der Waals surface area contributed by atoms with Gasteiger partial charge in [0.2, 0.25) is 5.91 Å². The number of imidazole rings is 1. The molecule has 0 fully saturated rings. The number of halogens is 2. The molecule has 1 amide bonds. The average Bonchev–Trinajstić information content (AvgIpc) is 3.17. The number of fused-ring (bicyclic) bond motifs is 1. The Balaban J connectivity index is 1.62. The number of amides is 1. The number of carbonyl (C=O) groups excluding carboxylic acids is 1. The molecule has 2 heterocycles. The molecule has 6 heteroatoms. The van der Waals surface area contributed by atoms with Gasteiger partial charge in [-0.3, -0.25) is 4.79 Å². The highest BCUT2D eigenvalue weighted by Crippen LogP contribution is 2.31. The standard InChI is InChI=1S/C24H21F2N3O/c1-16-5-4-12-29-22(15-28-24(16)29)20(19-6-2-3-7-21(19)26)13-23(30)27-14-17-8-10-18(25)11-9-17/h2-12,15,20H,13-14H2,1H3,(H,27,30). The van der Waals surface area contributed by atoms with Crippen molar-refractivity contribution in [2.24, 2.45) is 0 Å². The molecule has 0 bridgehead atoms. The number of carbonyl (C=O) groups is 1. The van der Waals surface area contributed by atoms with Crippen LogP contribution in [0.1, 0.15) is 34.7 Å². The summed E-state index contributed by atoms with van der Waals surface area (Å²) in [7, 11) is 0. The summed E-state index contributed by atoms with van der Waals surface area (Å²) in [6.45, 7) is 2.23. The maximum absolute atomic E-state index is 14.7. The molecule has 1 N–H and O–H groups in total. The van der Waals surface area contributed by atoms with E-state index in [1.165, 1.54) is 18.2 Å². The topological polar surface area (TPSA) is 46.4 Å². The Morgan fingerprint density at radius 3 is 2.60 bits per heavy atom. The molecular weight excluding hydrogens is 384 g/mol. The predicted molar refractivity (Wildman–Crippen MR) is 111 cm³/mol. The van der Waals surface area contributed by atoms with Gasteiger partial charge in [0.1, 0.15) is 17.3 Å². The van der Waals surface area contributed by atoms with Crippen LogP contribution in [0, 0.1) is 18.6 Å². The number of nitrogens with zero attached hydrogens (tertiary/aromatic N) is 2. The Hall–Kier alpha value is -3.54. The van der Waals surface area contributed by atoms with Crippen LogP contribution in [0.5, 0.6) is 0 Å². The third-order valence-corrected chi connectivity index (χ3v) is 5.19. The summed E-state index contributed by atoms with van der Waals surface area (Å²) in [6.07, 6.45) is 3.63. The lowest BCUT2D eigenvalue weighted by atomic mass is 9.91. The molecule has 0 saturated heterocycles. The number of hydrogen-bond acceptors (Lipinski definition) is 2. The van der Waals surface area contributed by atoms with Crippen LogP contribution in [-0.2, 0) is 11.3 Å². The first-order chi connectivity index (χ1) is 14.5. The van der Waals surface area contributed by atoms with Gasteiger partial charge >= 0.3 is 0 Å². The van der Waals surface area contributed by atoms with Gasteiger partial charge in [0, 0.05) is 31.3 Å². The van der Waals surface area contributed by atoms with Crippen LogP contribution < -0.4 is 5.32 Å². The molecule has 152 valence electrons. The van der Waals surface area contributed by atoms with Gasteiger partial charge in [-0.1, -0.05) is 36.4 Å². The van der Waals surface area contributed by atoms with E-state index in [9.17, 15) is 13.6 Å². The number of hydrogen-bond donors (Lipinski definition) is 1. The van der Waals surface area contributed by atoms with Crippen molar-refractivity contribution in [3.63, 3.8) is 0 Å². The van der Waals surface area contributed by atoms with Crippen LogP contribution in [0.15, 0.2) is 73.1 Å². The molecule has 4 aromatic rings. The molecule has 4 nitrogen and oxygen atoms in total. The second-order valence-corrected chi connectivity index (χ2v) is 7.25. The molecule has 0 aliphatic heterocycles. The maximum Gasteiger partial charge on any atom is 0.221 e. The van der Waals surface area contributed by atoms with E-state index in [1.807, 2.05) is 29.7 Å². The van der Waals surface area contributed by atoms with E-state index in [4.69, 9.17) is 0 Å². The van der Waals surface area contributed by atoms with Crippen molar-refractivity contribution in [3.8, 4) is 0 Å². The van der Waals surface area contributed by atoms with Crippen LogP contribution >= 0.6 is 0 Å². The first-order valence-electron chi connectivity index (χ1n) is 9.71. The molecule has 0 spiro atoms. The summed E-state index contributed by atoms with van der Waals surface area (Å²) in [4.78, 5) is 17.2. The Bertz CT molecular complexity index is 1180. The Morgan fingerprint density at radius 2 is 1.83 bits per heavy atom. The van der Waals surface area contributed by atoms with Crippen molar-refractivity contribution in [2.75, 3.05) is 0 Å². The zero-order valence-corrected chi connectivity index (χ0v) is 16.5. The molecule has 4 rings (SSSR count). The van der Waals surface area contributed by atoms with Crippen molar-refractivity contribution >= 4 is 11.6 Å². The van der Waals surface area contributed by atoms with Crippen molar-refractivity contribution < 1.29 is 13.6 Å². The van der Waals surface area contributed by atoms with Crippen molar-refractivity contribution in [1.82, 2.24) is 14.7 Å². The van der Waals surface area contributed by atoms with Gasteiger partial charge in [0.25, 0.3) is 0 Å². The Kier molecular flexibility index (Phi) is 5.57. The molecule has 0 radical (unpaired) electrons. The highest BCUT2D eigenvalue weighted by Gasteiger charge is 2.24. The lowest BCUT2D eigenvalue weighted by Crippen LogP contribution is -2.25. The van der Waals surface area contributed by atoms with E-state index < -0.39 is 5.92 Å². The van der Waals surface area contributed by atoms with E-state index in [-0.39, 0.29) is 30.5 Å². The second-order valence-electron chi connectivity index (χ2n) is 7.25. The molecule has 0 aliphatic rings. The third-order valence-electron chi connectivity index (χ3n) is 5.19. The first-order valence-corrected chi connectivity index (χ1v) is 9.71. The fraction of sp³-hybridized carbons (Fsp3) is 0.167. The number of rotatable bonds is 6. The van der Waals surface area contributed by atoms with E-state index in [0.717, 1.165) is 22.5 Å². The van der Waals surface area contributed by atoms with Gasteiger partial charge in [-0.15, -0.1) is 0 Å². The smallest absolute Gasteiger partial charge is 0.221 e. The van der Waals surface area contributed by atoms with Crippen LogP contribution in [0.2, 0.25) is 0 Å². The summed E-state index contributed by atoms with van der Waals surface area (Å²) >= 11 is 0. The van der Waals surface area contributed by atoms with Crippen molar-refractivity contribution in [1.29, 1.82) is 0 Å². The van der Waals surface area contributed by atoms with Gasteiger partial charge in [-0.2, -0.15) is 0 Å². The zero-order valence-electron chi connectivity index (χ0n) is 16.5. The second kappa shape index (κ2) is 8.45. The fourth-order valence-corrected chi connectivity index (χ4v) is 3.62. The number of aryl methyl sites for hydroxylation is 1. The first kappa shape index (κ1) is 19.8. The lowest BCUT2D eigenvalue weighted by Gasteiger charge is -2.18. The monoisotopic (exact) mass is 405 g/mol. The number of aromatic nitrogens is 2. The minimum Gasteiger partial charge on any atom is -0.352 e. The number of nitrogens with one attached hydrogen (secondary N) is 1. The normalized spacial score (nSPS) is 12.1. The van der Waals surface area contributed by atoms with Crippen molar-refractivity contribution in [3.05, 3.63) is 107 Å². The predicted octanol–water partition coefficient (Wildman–Crippen LogP) is 4.76. The van der Waals surface area contributed by atoms with Crippen LogP contribution in [0.3, 0.4) is 0 Å². The number of benzene rings is 2. The molecule has 30 heavy (non-hydrogen) atoms. The Morgan fingerprint density at radius 1 is 1.07 bits per heavy atom. The van der Waals surface area contributed by atoms with E-state index >= 15 is 0 Å². The van der Waals surface area contributed by atoms with Gasteiger partial charge in [0.15, 0.2) is 0 Å². The third kappa shape index (κ3) is 4.08. The van der Waals surface area contributed by atoms with Crippen LogP contribution in [0.4, 0.5) is 8.78 Å². The van der Waals surface area contributed by atoms with Crippen molar-refractivity contribution in [2.45, 2.75) is 25.8 Å². The quantitative estimate of drug-likeness (QED) is 0.503. The lowest BCUT2D eigenvalue weighted by molar-refractivity contribution is -0.121. The highest BCUT2D eigenvalue weighted by molar-refractivity contribution is 5.77. The minimum atomic E-state index is -0.504. The minimum absolute atomic E-state index is 0.0594. The molecule has 1 unspecified atom stereocenters. The van der Waals surface area contributed by atoms with Gasteiger partial charge in [-0.05, 0) is 47.9 Å². The summed E-state index contributed by atoms with van der Waals surface area (Å²) in [5.74, 6) is -1.42. The molecule has 2 aromatic carbocycles. The highest BCUT2D eigenvalue weighted by atomic mass is 19.1. The molecule has 0 saturated carbocycles. The van der Waals surface area contributed by atoms with Crippen LogP contribution in [-0.4, -0.2) is 15.3 Å². The summed E-state index contributed by atoms with van der Waals surface area (Å²) in [5, 5.41) is 2.85. The van der Waals surface area contributed by atoms with E-state index in [2.05, 4.69) is 10.3 Å². The SMILES string of the molecule is Cc1cccn2c(C(CC(=O)NCc3ccc(F)cc3)c3ccccc3F)cnc12. The maximum atomic E-state index is 14.7. The van der Waals surface area contributed by atoms with Gasteiger partial charge < -0.3 is 9.72 Å². The zero-order chi connectivity index (χ0) is 21.1. The number of pyridine rings is 1. The van der Waals surface area contributed by atoms with E-state index in [0.29, 0.717) is 5.56 Å². The molecule has 1 atom stereocenters. The molecular formula is C24H21F2N3O. The van der Waals surface area contributed by atoms with Gasteiger partial charge in [-0.25, -0.2) is 13.8 Å². The largest absolute Gasteiger partial charge is 0.352 e. The summed E-state index contributed by atoms with van der Waals surface area (Å²) in [6, 6.07) is 16.3. The summed E-state index contributed by atoms with van der Waals surface area (Å²) < 4.78 is 29.6. The fourth-order valence-electron chi connectivity index (χ4n) is 3.62. The average molecular weight is 405 g/mol. The van der Waals surface area contributed by atoms with Crippen LogP contribution in [0.25, 0.3) is 5.65 Å². The Labute approximate surface area is 173 Å². The molecule has 0 aliphatic carbocycles. The summed E-state index contributed by atoms with van der Waals surface area (Å²) in [5.41, 5.74) is 3.75. The molecule has 2 aromatic heterocycles. The van der Waals surface area contributed by atoms with E-state index in [1.54, 1.807) is 36.5 Å². The van der Waals surface area contributed by atoms with Gasteiger partial charge in [0.05, 0.1) is 5.69 Å².